The second kappa shape index (κ2) is 4.67. The Morgan fingerprint density at radius 2 is 2.07 bits per heavy atom. The first-order valence-corrected chi connectivity index (χ1v) is 5.61. The van der Waals surface area contributed by atoms with Gasteiger partial charge in [-0.05, 0) is 0 Å². The lowest BCUT2D eigenvalue weighted by Crippen LogP contribution is -2.30. The van der Waals surface area contributed by atoms with Gasteiger partial charge in [0, 0.05) is 6.42 Å². The lowest BCUT2D eigenvalue weighted by molar-refractivity contribution is 0.0115. The van der Waals surface area contributed by atoms with E-state index in [1.165, 1.54) is 0 Å². The summed E-state index contributed by atoms with van der Waals surface area (Å²) in [5, 5.41) is 18.3. The molecular formula is C6H13O7P. The Morgan fingerprint density at radius 1 is 1.43 bits per heavy atom. The van der Waals surface area contributed by atoms with Crippen molar-refractivity contribution in [2.45, 2.75) is 24.7 Å². The molecule has 1 fully saturated rings. The lowest BCUT2D eigenvalue weighted by Gasteiger charge is -2.14. The third-order valence-corrected chi connectivity index (χ3v) is 2.44. The Morgan fingerprint density at radius 3 is 2.50 bits per heavy atom. The minimum atomic E-state index is -4.46. The van der Waals surface area contributed by atoms with Gasteiger partial charge in [-0.15, -0.1) is 0 Å². The van der Waals surface area contributed by atoms with E-state index < -0.39 is 26.1 Å². The highest BCUT2D eigenvalue weighted by molar-refractivity contribution is 7.46. The molecule has 0 aliphatic carbocycles. The summed E-state index contributed by atoms with van der Waals surface area (Å²) in [6, 6.07) is 0. The van der Waals surface area contributed by atoms with Gasteiger partial charge in [0.25, 0.3) is 0 Å². The summed E-state index contributed by atoms with van der Waals surface area (Å²) in [5.74, 6) is 0. The first-order chi connectivity index (χ1) is 6.40. The van der Waals surface area contributed by atoms with Gasteiger partial charge in [0.05, 0.1) is 19.3 Å². The predicted octanol–water partition coefficient (Wildman–Crippen LogP) is -1.39. The van der Waals surface area contributed by atoms with Gasteiger partial charge in [-0.2, -0.15) is 0 Å². The van der Waals surface area contributed by atoms with Gasteiger partial charge in [-0.3, -0.25) is 4.52 Å². The van der Waals surface area contributed by atoms with Crippen molar-refractivity contribution in [3.63, 3.8) is 0 Å². The van der Waals surface area contributed by atoms with Crippen LogP contribution in [-0.2, 0) is 13.8 Å². The van der Waals surface area contributed by atoms with Gasteiger partial charge >= 0.3 is 7.82 Å². The molecule has 1 aliphatic heterocycles. The largest absolute Gasteiger partial charge is 0.469 e. The Labute approximate surface area is 80.5 Å². The van der Waals surface area contributed by atoms with Crippen molar-refractivity contribution in [2.75, 3.05) is 13.2 Å². The number of rotatable bonds is 4. The quantitative estimate of drug-likeness (QED) is 0.437. The normalized spacial score (nSPS) is 33.6. The molecule has 84 valence electrons. The number of ether oxygens (including phenoxy) is 1. The molecule has 0 aromatic carbocycles. The molecule has 1 heterocycles. The molecule has 0 aromatic heterocycles. The van der Waals surface area contributed by atoms with Crippen LogP contribution in [-0.4, -0.2) is 51.5 Å². The molecule has 7 nitrogen and oxygen atoms in total. The average molecular weight is 228 g/mol. The van der Waals surface area contributed by atoms with Crippen LogP contribution in [0.1, 0.15) is 6.42 Å². The maximum absolute atomic E-state index is 10.3. The monoisotopic (exact) mass is 228 g/mol. The van der Waals surface area contributed by atoms with Gasteiger partial charge in [-0.1, -0.05) is 0 Å². The Bertz CT molecular complexity index is 226. The molecule has 0 bridgehead atoms. The number of hydrogen-bond donors (Lipinski definition) is 4. The fourth-order valence-corrected chi connectivity index (χ4v) is 1.55. The van der Waals surface area contributed by atoms with Crippen LogP contribution in [0.2, 0.25) is 0 Å². The number of aliphatic hydroxyl groups excluding tert-OH is 2. The van der Waals surface area contributed by atoms with Gasteiger partial charge in [-0.25, -0.2) is 4.57 Å². The van der Waals surface area contributed by atoms with Crippen molar-refractivity contribution < 1.29 is 33.8 Å². The molecule has 0 aromatic rings. The second-order valence-corrected chi connectivity index (χ2v) is 4.28. The zero-order chi connectivity index (χ0) is 10.8. The summed E-state index contributed by atoms with van der Waals surface area (Å²) in [7, 11) is -4.46. The van der Waals surface area contributed by atoms with Crippen molar-refractivity contribution in [1.29, 1.82) is 0 Å². The smallest absolute Gasteiger partial charge is 0.388 e. The maximum Gasteiger partial charge on any atom is 0.469 e. The molecule has 0 saturated carbocycles. The molecule has 8 heteroatoms. The Balaban J connectivity index is 2.23. The van der Waals surface area contributed by atoms with Crippen LogP contribution >= 0.6 is 7.82 Å². The molecule has 14 heavy (non-hydrogen) atoms. The molecule has 1 saturated heterocycles. The van der Waals surface area contributed by atoms with E-state index in [9.17, 15) is 9.67 Å². The molecule has 0 unspecified atom stereocenters. The van der Waals surface area contributed by atoms with E-state index in [0.717, 1.165) is 0 Å². The van der Waals surface area contributed by atoms with Crippen molar-refractivity contribution in [2.24, 2.45) is 0 Å². The van der Waals surface area contributed by atoms with Crippen LogP contribution in [0.5, 0.6) is 0 Å². The summed E-state index contributed by atoms with van der Waals surface area (Å²) in [6.45, 7) is -0.194. The number of phosphoric acid groups is 1. The highest BCUT2D eigenvalue weighted by atomic mass is 31.2. The standard InChI is InChI=1S/C6H13O7P/c7-4-3-12-5(6(4)8)1-2-13-14(9,10)11/h4-8H,1-3H2,(H2,9,10,11)/t4-,5+,6-/m0/s1. The van der Waals surface area contributed by atoms with Crippen LogP contribution in [0.3, 0.4) is 0 Å². The zero-order valence-corrected chi connectivity index (χ0v) is 8.21. The fraction of sp³-hybridized carbons (Fsp3) is 1.00. The molecular weight excluding hydrogens is 215 g/mol. The van der Waals surface area contributed by atoms with Gasteiger partial charge in [0.15, 0.2) is 0 Å². The third kappa shape index (κ3) is 3.62. The van der Waals surface area contributed by atoms with E-state index in [4.69, 9.17) is 19.6 Å². The number of hydrogen-bond acceptors (Lipinski definition) is 5. The highest BCUT2D eigenvalue weighted by Crippen LogP contribution is 2.36. The van der Waals surface area contributed by atoms with Crippen molar-refractivity contribution in [1.82, 2.24) is 0 Å². The first-order valence-electron chi connectivity index (χ1n) is 4.08. The lowest BCUT2D eigenvalue weighted by atomic mass is 10.1. The third-order valence-electron chi connectivity index (χ3n) is 1.92. The molecule has 0 amide bonds. The summed E-state index contributed by atoms with van der Waals surface area (Å²) in [4.78, 5) is 16.7. The summed E-state index contributed by atoms with van der Waals surface area (Å²) in [5.41, 5.74) is 0. The Kier molecular flexibility index (Phi) is 4.03. The fourth-order valence-electron chi connectivity index (χ4n) is 1.21. The molecule has 3 atom stereocenters. The van der Waals surface area contributed by atoms with E-state index in [2.05, 4.69) is 4.52 Å². The average Bonchev–Trinajstić information content (AvgIpc) is 2.33. The summed E-state index contributed by atoms with van der Waals surface area (Å²) < 4.78 is 19.4. The topological polar surface area (TPSA) is 116 Å². The second-order valence-electron chi connectivity index (χ2n) is 3.04. The SMILES string of the molecule is O=P(O)(O)OCC[C@H]1OC[C@H](O)[C@@H]1O. The van der Waals surface area contributed by atoms with Crippen molar-refractivity contribution in [3.05, 3.63) is 0 Å². The minimum Gasteiger partial charge on any atom is -0.388 e. The van der Waals surface area contributed by atoms with E-state index in [1.54, 1.807) is 0 Å². The van der Waals surface area contributed by atoms with Crippen LogP contribution in [0.4, 0.5) is 0 Å². The molecule has 1 aliphatic rings. The van der Waals surface area contributed by atoms with E-state index in [1.807, 2.05) is 0 Å². The van der Waals surface area contributed by atoms with Gasteiger partial charge < -0.3 is 24.7 Å². The van der Waals surface area contributed by atoms with Crippen LogP contribution < -0.4 is 0 Å². The number of phosphoric ester groups is 1. The predicted molar refractivity (Wildman–Crippen MR) is 44.4 cm³/mol. The van der Waals surface area contributed by atoms with Crippen molar-refractivity contribution >= 4 is 7.82 Å². The van der Waals surface area contributed by atoms with Crippen LogP contribution in [0, 0.1) is 0 Å². The van der Waals surface area contributed by atoms with E-state index >= 15 is 0 Å². The molecule has 1 rings (SSSR count). The van der Waals surface area contributed by atoms with Crippen LogP contribution in [0.25, 0.3) is 0 Å². The van der Waals surface area contributed by atoms with E-state index in [0.29, 0.717) is 0 Å². The van der Waals surface area contributed by atoms with Gasteiger partial charge in [0.2, 0.25) is 0 Å². The highest BCUT2D eigenvalue weighted by Gasteiger charge is 2.34. The van der Waals surface area contributed by atoms with Crippen molar-refractivity contribution in [3.8, 4) is 0 Å². The van der Waals surface area contributed by atoms with Gasteiger partial charge in [0.1, 0.15) is 12.2 Å². The number of aliphatic hydroxyl groups is 2. The molecule has 0 radical (unpaired) electrons. The minimum absolute atomic E-state index is 0.0295. The zero-order valence-electron chi connectivity index (χ0n) is 7.31. The van der Waals surface area contributed by atoms with Crippen LogP contribution in [0.15, 0.2) is 0 Å². The molecule has 0 spiro atoms. The van der Waals surface area contributed by atoms with E-state index in [-0.39, 0.29) is 19.6 Å². The Hall–Kier alpha value is -0.0100. The first kappa shape index (κ1) is 12.1. The molecule has 4 N–H and O–H groups in total. The maximum atomic E-state index is 10.3. The summed E-state index contributed by atoms with van der Waals surface area (Å²) >= 11 is 0. The summed E-state index contributed by atoms with van der Waals surface area (Å²) in [6.07, 6.45) is -2.45.